The molecular weight excluding hydrogens is 578 g/mol. The van der Waals surface area contributed by atoms with Crippen molar-refractivity contribution < 1.29 is 19.2 Å². The smallest absolute Gasteiger partial charge is 0.270 e. The second-order valence-electron chi connectivity index (χ2n) is 11.0. The second-order valence-corrected chi connectivity index (χ2v) is 11.4. The predicted molar refractivity (Wildman–Crippen MR) is 168 cm³/mol. The lowest BCUT2D eigenvalue weighted by Gasteiger charge is -2.20. The van der Waals surface area contributed by atoms with Crippen LogP contribution in [-0.2, 0) is 47.1 Å². The summed E-state index contributed by atoms with van der Waals surface area (Å²) in [6, 6.07) is 20.9. The molecule has 4 aromatic rings. The third-order valence-corrected chi connectivity index (χ3v) is 8.23. The fourth-order valence-corrected chi connectivity index (χ4v) is 5.57. The van der Waals surface area contributed by atoms with E-state index < -0.39 is 18.0 Å². The summed E-state index contributed by atoms with van der Waals surface area (Å²) in [6.07, 6.45) is 2.81. The number of hydrogen-bond acceptors (Lipinski definition) is 5. The van der Waals surface area contributed by atoms with E-state index in [1.807, 2.05) is 60.7 Å². The number of aryl methyl sites for hydroxylation is 2. The molecule has 10 heteroatoms. The fraction of sp³-hybridized carbons (Fsp3) is 0.265. The number of ketones is 1. The summed E-state index contributed by atoms with van der Waals surface area (Å²) < 4.78 is 1.46. The van der Waals surface area contributed by atoms with Crippen LogP contribution < -0.4 is 16.0 Å². The highest BCUT2D eigenvalue weighted by Gasteiger charge is 2.25. The molecule has 6 rings (SSSR count). The Morgan fingerprint density at radius 2 is 1.66 bits per heavy atom. The van der Waals surface area contributed by atoms with Gasteiger partial charge in [0.05, 0.1) is 6.04 Å². The van der Waals surface area contributed by atoms with E-state index in [-0.39, 0.29) is 36.9 Å². The van der Waals surface area contributed by atoms with E-state index >= 15 is 0 Å². The van der Waals surface area contributed by atoms with Crippen molar-refractivity contribution in [3.8, 4) is 11.1 Å². The van der Waals surface area contributed by atoms with Gasteiger partial charge in [-0.2, -0.15) is 5.10 Å². The Bertz CT molecular complexity index is 1700. The zero-order chi connectivity index (χ0) is 31.2. The molecule has 1 unspecified atom stereocenters. The first-order valence-electron chi connectivity index (χ1n) is 14.5. The number of benzene rings is 3. The van der Waals surface area contributed by atoms with Gasteiger partial charge in [0.1, 0.15) is 11.7 Å². The van der Waals surface area contributed by atoms with E-state index in [0.717, 1.165) is 33.4 Å². The number of Topliss-reactive ketones (excluding diaryl/α,β-unsaturated/α-hetero) is 1. The van der Waals surface area contributed by atoms with Crippen LogP contribution in [0.1, 0.15) is 39.2 Å². The molecule has 0 aliphatic carbocycles. The van der Waals surface area contributed by atoms with Gasteiger partial charge in [0.15, 0.2) is 5.78 Å². The highest BCUT2D eigenvalue weighted by atomic mass is 35.5. The summed E-state index contributed by atoms with van der Waals surface area (Å²) in [5.41, 5.74) is 5.44. The standard InChI is InChI=1S/C34H34ClN5O4/c1-36-33(43)29-17-22-6-8-23(9-7-22)18-31(41)28(39-34(44)30-14-15-37-40(30)2)20-26-19-25(11-12-27(26)35)24-5-3-4-21(16-24)10-13-32(42)38-29/h3-9,11-12,14-16,19,28-29H,10,13,17-18,20H2,1-2H3,(H,36,43)(H,38,42)(H,39,44)/t28?,29-/m1/s1. The number of rotatable bonds is 3. The minimum absolute atomic E-state index is 0.0750. The summed E-state index contributed by atoms with van der Waals surface area (Å²) in [5, 5.41) is 13.0. The van der Waals surface area contributed by atoms with Crippen LogP contribution in [0.4, 0.5) is 0 Å². The van der Waals surface area contributed by atoms with Gasteiger partial charge in [-0.3, -0.25) is 23.9 Å². The van der Waals surface area contributed by atoms with Crippen molar-refractivity contribution in [2.45, 2.75) is 44.2 Å². The molecule has 2 aliphatic heterocycles. The molecule has 226 valence electrons. The number of likely N-dealkylation sites (N-methyl/N-ethyl adjacent to an activating group) is 1. The molecule has 6 bridgehead atoms. The average Bonchev–Trinajstić information content (AvgIpc) is 3.46. The molecule has 3 heterocycles. The molecule has 44 heavy (non-hydrogen) atoms. The molecule has 0 radical (unpaired) electrons. The maximum absolute atomic E-state index is 13.8. The van der Waals surface area contributed by atoms with Crippen molar-refractivity contribution in [1.82, 2.24) is 25.7 Å². The van der Waals surface area contributed by atoms with Gasteiger partial charge in [-0.15, -0.1) is 0 Å². The minimum atomic E-state index is -0.852. The van der Waals surface area contributed by atoms with E-state index in [4.69, 9.17) is 11.6 Å². The number of nitrogens with zero attached hydrogens (tertiary/aromatic N) is 2. The van der Waals surface area contributed by atoms with Crippen molar-refractivity contribution in [3.63, 3.8) is 0 Å². The lowest BCUT2D eigenvalue weighted by Crippen LogP contribution is -2.47. The van der Waals surface area contributed by atoms with E-state index in [0.29, 0.717) is 23.6 Å². The number of fused-ring (bicyclic) bond motifs is 10. The highest BCUT2D eigenvalue weighted by molar-refractivity contribution is 6.31. The van der Waals surface area contributed by atoms with Gasteiger partial charge in [-0.25, -0.2) is 0 Å². The number of carbonyl (C=O) groups excluding carboxylic acids is 4. The van der Waals surface area contributed by atoms with Crippen LogP contribution in [0.15, 0.2) is 79.0 Å². The van der Waals surface area contributed by atoms with Gasteiger partial charge >= 0.3 is 0 Å². The predicted octanol–water partition coefficient (Wildman–Crippen LogP) is 3.61. The molecule has 1 aromatic heterocycles. The lowest BCUT2D eigenvalue weighted by molar-refractivity contribution is -0.128. The molecule has 3 aromatic carbocycles. The van der Waals surface area contributed by atoms with E-state index in [1.165, 1.54) is 17.9 Å². The quantitative estimate of drug-likeness (QED) is 0.327. The Morgan fingerprint density at radius 1 is 0.909 bits per heavy atom. The van der Waals surface area contributed by atoms with Crippen molar-refractivity contribution in [1.29, 1.82) is 0 Å². The Labute approximate surface area is 261 Å². The van der Waals surface area contributed by atoms with E-state index in [1.54, 1.807) is 19.2 Å². The van der Waals surface area contributed by atoms with Gasteiger partial charge in [0.2, 0.25) is 11.8 Å². The Morgan fingerprint density at radius 3 is 2.39 bits per heavy atom. The Kier molecular flexibility index (Phi) is 9.55. The largest absolute Gasteiger partial charge is 0.357 e. The van der Waals surface area contributed by atoms with Gasteiger partial charge in [0, 0.05) is 51.0 Å². The molecule has 0 spiro atoms. The Balaban J connectivity index is 1.52. The number of aromatic nitrogens is 2. The monoisotopic (exact) mass is 611 g/mol. The van der Waals surface area contributed by atoms with Gasteiger partial charge < -0.3 is 16.0 Å². The first kappa shape index (κ1) is 30.7. The fourth-order valence-electron chi connectivity index (χ4n) is 5.37. The summed E-state index contributed by atoms with van der Waals surface area (Å²) >= 11 is 6.64. The van der Waals surface area contributed by atoms with Gasteiger partial charge in [-0.1, -0.05) is 66.2 Å². The maximum Gasteiger partial charge on any atom is 0.270 e. The van der Waals surface area contributed by atoms with E-state index in [9.17, 15) is 19.2 Å². The highest BCUT2D eigenvalue weighted by Crippen LogP contribution is 2.28. The summed E-state index contributed by atoms with van der Waals surface area (Å²) in [4.78, 5) is 52.4. The zero-order valence-corrected chi connectivity index (χ0v) is 25.4. The molecule has 3 amide bonds. The first-order valence-corrected chi connectivity index (χ1v) is 14.9. The van der Waals surface area contributed by atoms with Crippen LogP contribution in [0.3, 0.4) is 0 Å². The van der Waals surface area contributed by atoms with Crippen LogP contribution >= 0.6 is 11.6 Å². The zero-order valence-electron chi connectivity index (χ0n) is 24.6. The van der Waals surface area contributed by atoms with Crippen molar-refractivity contribution in [2.24, 2.45) is 7.05 Å². The molecule has 0 saturated heterocycles. The summed E-state index contributed by atoms with van der Waals surface area (Å²) in [6.45, 7) is 0. The first-order chi connectivity index (χ1) is 21.2. The molecule has 0 saturated carbocycles. The van der Waals surface area contributed by atoms with E-state index in [2.05, 4.69) is 21.0 Å². The summed E-state index contributed by atoms with van der Waals surface area (Å²) in [5.74, 6) is -1.09. The van der Waals surface area contributed by atoms with Gasteiger partial charge in [0.25, 0.3) is 5.91 Å². The van der Waals surface area contributed by atoms with Crippen LogP contribution in [0.25, 0.3) is 11.1 Å². The van der Waals surface area contributed by atoms with Crippen molar-refractivity contribution in [3.05, 3.63) is 112 Å². The maximum atomic E-state index is 13.8. The van der Waals surface area contributed by atoms with Crippen LogP contribution in [0.2, 0.25) is 5.02 Å². The molecule has 2 atom stereocenters. The van der Waals surface area contributed by atoms with Crippen molar-refractivity contribution >= 4 is 35.1 Å². The number of carbonyl (C=O) groups is 4. The minimum Gasteiger partial charge on any atom is -0.357 e. The average molecular weight is 612 g/mol. The number of nitrogens with one attached hydrogen (secondary N) is 3. The molecule has 3 N–H and O–H groups in total. The van der Waals surface area contributed by atoms with Crippen LogP contribution in [0, 0.1) is 0 Å². The molecule has 0 fully saturated rings. The Hall–Kier alpha value is -4.76. The summed E-state index contributed by atoms with van der Waals surface area (Å²) in [7, 11) is 3.21. The van der Waals surface area contributed by atoms with Gasteiger partial charge in [-0.05, 0) is 58.0 Å². The van der Waals surface area contributed by atoms with Crippen LogP contribution in [-0.4, -0.2) is 52.4 Å². The number of hydrogen-bond donors (Lipinski definition) is 3. The third-order valence-electron chi connectivity index (χ3n) is 7.86. The molecule has 2 aliphatic rings. The topological polar surface area (TPSA) is 122 Å². The SMILES string of the molecule is CNC(=O)[C@H]1Cc2ccc(cc2)CC(=O)C(NC(=O)c2ccnn2C)Cc2cc(ccc2Cl)-c2cccc(c2)CCC(=O)N1. The lowest BCUT2D eigenvalue weighted by atomic mass is 9.93. The van der Waals surface area contributed by atoms with Crippen LogP contribution in [0.5, 0.6) is 0 Å². The second kappa shape index (κ2) is 13.7. The third kappa shape index (κ3) is 7.41. The normalized spacial score (nSPS) is 17.4. The molecular formula is C34H34ClN5O4. The molecule has 9 nitrogen and oxygen atoms in total. The van der Waals surface area contributed by atoms with Crippen molar-refractivity contribution in [2.75, 3.05) is 7.05 Å². The number of halogens is 1. The number of amides is 3.